The van der Waals surface area contributed by atoms with Gasteiger partial charge in [0.25, 0.3) is 5.56 Å². The molecule has 0 bridgehead atoms. The summed E-state index contributed by atoms with van der Waals surface area (Å²) in [6.07, 6.45) is 4.04. The van der Waals surface area contributed by atoms with Crippen molar-refractivity contribution in [1.29, 1.82) is 0 Å². The number of imidazole rings is 1. The first-order valence-electron chi connectivity index (χ1n) is 14.6. The van der Waals surface area contributed by atoms with Crippen LogP contribution in [-0.2, 0) is 34.3 Å². The van der Waals surface area contributed by atoms with Gasteiger partial charge in [-0.15, -0.1) is 0 Å². The van der Waals surface area contributed by atoms with Gasteiger partial charge < -0.3 is 23.9 Å². The number of fused-ring (bicyclic) bond motifs is 1. The lowest BCUT2D eigenvalue weighted by Crippen LogP contribution is -2.39. The van der Waals surface area contributed by atoms with Gasteiger partial charge in [0, 0.05) is 50.9 Å². The van der Waals surface area contributed by atoms with Crippen molar-refractivity contribution in [2.75, 3.05) is 13.1 Å². The van der Waals surface area contributed by atoms with Crippen LogP contribution in [-0.4, -0.2) is 60.8 Å². The molecule has 1 aromatic carbocycles. The Labute approximate surface area is 242 Å². The van der Waals surface area contributed by atoms with Crippen LogP contribution in [0.5, 0.6) is 0 Å². The first kappa shape index (κ1) is 30.5. The van der Waals surface area contributed by atoms with Gasteiger partial charge in [-0.05, 0) is 90.0 Å². The Morgan fingerprint density at radius 1 is 1.22 bits per heavy atom. The number of carbonyl (C=O) groups excluding carboxylic acids is 2. The van der Waals surface area contributed by atoms with Crippen LogP contribution in [0.4, 0.5) is 0 Å². The number of likely N-dealkylation sites (tertiary alicyclic amines) is 1. The smallest absolute Gasteiger partial charge is 0.312 e. The quantitative estimate of drug-likeness (QED) is 0.410. The monoisotopic (exact) mass is 564 g/mol. The summed E-state index contributed by atoms with van der Waals surface area (Å²) in [4.78, 5) is 44.2. The predicted octanol–water partition coefficient (Wildman–Crippen LogP) is 4.24. The number of aliphatic hydroxyl groups is 1. The third-order valence-electron chi connectivity index (χ3n) is 7.87. The normalized spacial score (nSPS) is 17.5. The zero-order valence-corrected chi connectivity index (χ0v) is 25.4. The second kappa shape index (κ2) is 12.2. The Morgan fingerprint density at radius 3 is 2.59 bits per heavy atom. The number of amides is 1. The molecule has 1 fully saturated rings. The topological polar surface area (TPSA) is 107 Å². The van der Waals surface area contributed by atoms with Crippen LogP contribution in [0, 0.1) is 18.8 Å². The van der Waals surface area contributed by atoms with E-state index in [1.807, 2.05) is 57.0 Å². The maximum Gasteiger partial charge on any atom is 0.312 e. The molecule has 1 aliphatic rings. The Morgan fingerprint density at radius 2 is 1.95 bits per heavy atom. The van der Waals surface area contributed by atoms with Crippen molar-refractivity contribution >= 4 is 22.9 Å². The van der Waals surface area contributed by atoms with Gasteiger partial charge in [-0.2, -0.15) is 0 Å². The molecule has 2 aromatic heterocycles. The number of aromatic nitrogens is 3. The van der Waals surface area contributed by atoms with E-state index in [2.05, 4.69) is 10.6 Å². The van der Waals surface area contributed by atoms with Crippen molar-refractivity contribution in [1.82, 2.24) is 19.0 Å². The van der Waals surface area contributed by atoms with E-state index in [0.717, 1.165) is 47.4 Å². The summed E-state index contributed by atoms with van der Waals surface area (Å²) < 4.78 is 9.35. The summed E-state index contributed by atoms with van der Waals surface area (Å²) in [6, 6.07) is 8.04. The summed E-state index contributed by atoms with van der Waals surface area (Å²) in [6.45, 7) is 12.7. The average Bonchev–Trinajstić information content (AvgIpc) is 3.23. The minimum atomic E-state index is -0.822. The predicted molar refractivity (Wildman–Crippen MR) is 159 cm³/mol. The summed E-state index contributed by atoms with van der Waals surface area (Å²) in [5.74, 6) is 0.161. The number of nitrogens with zero attached hydrogens (tertiary/aromatic N) is 4. The first-order valence-corrected chi connectivity index (χ1v) is 14.6. The number of benzene rings is 1. The molecule has 1 aliphatic heterocycles. The molecule has 1 amide bonds. The van der Waals surface area contributed by atoms with Crippen LogP contribution in [0.15, 0.2) is 35.3 Å². The lowest BCUT2D eigenvalue weighted by atomic mass is 9.94. The van der Waals surface area contributed by atoms with Crippen LogP contribution in [0.25, 0.3) is 22.4 Å². The molecule has 9 heteroatoms. The molecule has 222 valence electrons. The van der Waals surface area contributed by atoms with E-state index in [1.165, 1.54) is 0 Å². The highest BCUT2D eigenvalue weighted by Gasteiger charge is 2.29. The van der Waals surface area contributed by atoms with Gasteiger partial charge >= 0.3 is 5.97 Å². The standard InChI is InChI=1S/C32H44N4O5/c1-20-15-25(19-34(7)30(20)39)29-33-27-16-23(10-12-26(21(2)37)31(40)41-32(4,5)6)11-13-28(27)36(29)18-24-9-8-14-35(17-24)22(3)38/h11,13,15-16,19,21,24,26,37H,8-10,12,14,17-18H2,1-7H3/t21-,24+,26+/m1/s1. The minimum Gasteiger partial charge on any atom is -0.460 e. The van der Waals surface area contributed by atoms with E-state index in [1.54, 1.807) is 25.5 Å². The van der Waals surface area contributed by atoms with Crippen molar-refractivity contribution in [3.05, 3.63) is 51.9 Å². The molecule has 1 saturated heterocycles. The molecule has 3 aromatic rings. The number of carbonyl (C=O) groups is 2. The molecule has 3 atom stereocenters. The number of piperidine rings is 1. The molecular weight excluding hydrogens is 520 g/mol. The number of hydrogen-bond donors (Lipinski definition) is 1. The largest absolute Gasteiger partial charge is 0.460 e. The summed E-state index contributed by atoms with van der Waals surface area (Å²) in [5, 5.41) is 10.3. The maximum absolute atomic E-state index is 12.7. The number of hydrogen-bond acceptors (Lipinski definition) is 6. The zero-order valence-electron chi connectivity index (χ0n) is 25.4. The fourth-order valence-corrected chi connectivity index (χ4v) is 5.75. The fourth-order valence-electron chi connectivity index (χ4n) is 5.75. The van der Waals surface area contributed by atoms with Crippen molar-refractivity contribution in [3.63, 3.8) is 0 Å². The first-order chi connectivity index (χ1) is 19.2. The van der Waals surface area contributed by atoms with E-state index in [9.17, 15) is 19.5 Å². The van der Waals surface area contributed by atoms with Crippen LogP contribution < -0.4 is 5.56 Å². The second-order valence-corrected chi connectivity index (χ2v) is 12.6. The summed E-state index contributed by atoms with van der Waals surface area (Å²) >= 11 is 0. The number of aryl methyl sites for hydroxylation is 3. The summed E-state index contributed by atoms with van der Waals surface area (Å²) in [7, 11) is 1.75. The highest BCUT2D eigenvalue weighted by molar-refractivity contribution is 5.81. The van der Waals surface area contributed by atoms with Crippen molar-refractivity contribution in [2.24, 2.45) is 18.9 Å². The number of ether oxygens (including phenoxy) is 1. The SMILES string of the molecule is CC(=O)N1CCC[C@H](Cn2c(-c3cc(C)c(=O)n(C)c3)nc3cc(CC[C@H](C(=O)OC(C)(C)C)[C@@H](C)O)ccc32)C1. The van der Waals surface area contributed by atoms with Gasteiger partial charge in [0.2, 0.25) is 5.91 Å². The molecular formula is C32H44N4O5. The third-order valence-corrected chi connectivity index (χ3v) is 7.87. The van der Waals surface area contributed by atoms with Crippen LogP contribution in [0.1, 0.15) is 65.0 Å². The number of esters is 1. The van der Waals surface area contributed by atoms with Crippen LogP contribution in [0.2, 0.25) is 0 Å². The van der Waals surface area contributed by atoms with Gasteiger partial charge in [0.15, 0.2) is 0 Å². The molecule has 0 radical (unpaired) electrons. The van der Waals surface area contributed by atoms with Crippen molar-refractivity contribution < 1.29 is 19.4 Å². The second-order valence-electron chi connectivity index (χ2n) is 12.6. The van der Waals surface area contributed by atoms with E-state index >= 15 is 0 Å². The Hall–Kier alpha value is -3.46. The molecule has 3 heterocycles. The minimum absolute atomic E-state index is 0.0410. The van der Waals surface area contributed by atoms with Gasteiger partial charge in [-0.3, -0.25) is 14.4 Å². The van der Waals surface area contributed by atoms with Gasteiger partial charge in [0.1, 0.15) is 11.4 Å². The van der Waals surface area contributed by atoms with Gasteiger partial charge in [-0.25, -0.2) is 4.98 Å². The average molecular weight is 565 g/mol. The zero-order chi connectivity index (χ0) is 30.1. The Balaban J connectivity index is 1.68. The maximum atomic E-state index is 12.7. The highest BCUT2D eigenvalue weighted by atomic mass is 16.6. The number of rotatable bonds is 8. The number of pyridine rings is 1. The molecule has 0 saturated carbocycles. The van der Waals surface area contributed by atoms with E-state index in [0.29, 0.717) is 31.5 Å². The molecule has 9 nitrogen and oxygen atoms in total. The van der Waals surface area contributed by atoms with E-state index in [-0.39, 0.29) is 17.4 Å². The Kier molecular flexibility index (Phi) is 9.07. The molecule has 0 aliphatic carbocycles. The lowest BCUT2D eigenvalue weighted by molar-refractivity contribution is -0.163. The van der Waals surface area contributed by atoms with E-state index in [4.69, 9.17) is 9.72 Å². The summed E-state index contributed by atoms with van der Waals surface area (Å²) in [5.41, 5.74) is 3.67. The lowest BCUT2D eigenvalue weighted by Gasteiger charge is -2.32. The molecule has 4 rings (SSSR count). The van der Waals surface area contributed by atoms with Gasteiger partial charge in [0.05, 0.1) is 23.1 Å². The molecule has 0 spiro atoms. The van der Waals surface area contributed by atoms with Crippen molar-refractivity contribution in [2.45, 2.75) is 85.5 Å². The highest BCUT2D eigenvalue weighted by Crippen LogP contribution is 2.30. The third kappa shape index (κ3) is 7.25. The molecule has 41 heavy (non-hydrogen) atoms. The fraction of sp³-hybridized carbons (Fsp3) is 0.562. The van der Waals surface area contributed by atoms with Gasteiger partial charge in [-0.1, -0.05) is 6.07 Å². The van der Waals surface area contributed by atoms with Crippen LogP contribution >= 0.6 is 0 Å². The van der Waals surface area contributed by atoms with E-state index < -0.39 is 23.6 Å². The Bertz CT molecular complexity index is 1450. The van der Waals surface area contributed by atoms with Crippen LogP contribution in [0.3, 0.4) is 0 Å². The molecule has 0 unspecified atom stereocenters. The molecule has 1 N–H and O–H groups in total. The van der Waals surface area contributed by atoms with Crippen molar-refractivity contribution in [3.8, 4) is 11.4 Å². The number of aliphatic hydroxyl groups excluding tert-OH is 1.